The summed E-state index contributed by atoms with van der Waals surface area (Å²) in [4.78, 5) is 13.7. The maximum atomic E-state index is 11.8. The monoisotopic (exact) mass is 203 g/mol. The number of anilines is 2. The van der Waals surface area contributed by atoms with Gasteiger partial charge in [0.05, 0.1) is 12.5 Å². The minimum Gasteiger partial charge on any atom is -0.399 e. The molecule has 4 nitrogen and oxygen atoms in total. The minimum absolute atomic E-state index is 0.196. The zero-order valence-electron chi connectivity index (χ0n) is 8.36. The number of nitrogens with one attached hydrogen (secondary N) is 1. The lowest BCUT2D eigenvalue weighted by atomic mass is 10.1. The van der Waals surface area contributed by atoms with Crippen molar-refractivity contribution >= 4 is 17.3 Å². The molecule has 2 aliphatic rings. The molecule has 3 N–H and O–H groups in total. The molecule has 1 fully saturated rings. The number of carbonyl (C=O) groups excluding carboxylic acids is 1. The van der Waals surface area contributed by atoms with E-state index < -0.39 is 0 Å². The third kappa shape index (κ3) is 1.22. The van der Waals surface area contributed by atoms with Crippen molar-refractivity contribution < 1.29 is 4.79 Å². The number of amides is 1. The number of nitrogen functional groups attached to an aromatic ring is 1. The summed E-state index contributed by atoms with van der Waals surface area (Å²) in [6.07, 6.45) is 0.497. The highest BCUT2D eigenvalue weighted by Crippen LogP contribution is 2.32. The summed E-state index contributed by atoms with van der Waals surface area (Å²) >= 11 is 0. The van der Waals surface area contributed by atoms with E-state index in [1.54, 1.807) is 0 Å². The molecule has 1 aromatic rings. The molecule has 3 rings (SSSR count). The average molecular weight is 203 g/mol. The Labute approximate surface area is 88.1 Å². The molecular weight excluding hydrogens is 190 g/mol. The van der Waals surface area contributed by atoms with Crippen molar-refractivity contribution in [3.8, 4) is 0 Å². The van der Waals surface area contributed by atoms with E-state index in [0.717, 1.165) is 30.0 Å². The van der Waals surface area contributed by atoms with Crippen LogP contribution in [0.3, 0.4) is 0 Å². The Morgan fingerprint density at radius 1 is 1.40 bits per heavy atom. The van der Waals surface area contributed by atoms with Gasteiger partial charge in [-0.1, -0.05) is 0 Å². The lowest BCUT2D eigenvalue weighted by Crippen LogP contribution is -2.58. The molecule has 1 aromatic carbocycles. The first-order chi connectivity index (χ1) is 7.25. The number of hydrogen-bond acceptors (Lipinski definition) is 3. The molecule has 2 aliphatic heterocycles. The predicted molar refractivity (Wildman–Crippen MR) is 58.7 cm³/mol. The first-order valence-electron chi connectivity index (χ1n) is 5.17. The van der Waals surface area contributed by atoms with Gasteiger partial charge in [0.15, 0.2) is 0 Å². The van der Waals surface area contributed by atoms with Gasteiger partial charge in [-0.15, -0.1) is 0 Å². The van der Waals surface area contributed by atoms with Crippen LogP contribution in [0.4, 0.5) is 11.4 Å². The third-order valence-electron chi connectivity index (χ3n) is 3.10. The van der Waals surface area contributed by atoms with Crippen molar-refractivity contribution in [1.29, 1.82) is 0 Å². The van der Waals surface area contributed by atoms with Gasteiger partial charge in [-0.3, -0.25) is 4.79 Å². The van der Waals surface area contributed by atoms with E-state index in [1.807, 2.05) is 23.1 Å². The lowest BCUT2D eigenvalue weighted by molar-refractivity contribution is -0.118. The molecule has 0 radical (unpaired) electrons. The van der Waals surface area contributed by atoms with Crippen LogP contribution in [-0.2, 0) is 11.2 Å². The largest absolute Gasteiger partial charge is 0.399 e. The summed E-state index contributed by atoms with van der Waals surface area (Å²) in [5.41, 5.74) is 8.54. The lowest BCUT2D eigenvalue weighted by Gasteiger charge is -2.35. The molecule has 0 unspecified atom stereocenters. The van der Waals surface area contributed by atoms with Gasteiger partial charge in [0.1, 0.15) is 0 Å². The highest BCUT2D eigenvalue weighted by Gasteiger charge is 2.35. The van der Waals surface area contributed by atoms with Crippen LogP contribution < -0.4 is 16.0 Å². The maximum absolute atomic E-state index is 11.8. The van der Waals surface area contributed by atoms with Crippen LogP contribution in [0.5, 0.6) is 0 Å². The van der Waals surface area contributed by atoms with Crippen molar-refractivity contribution in [1.82, 2.24) is 5.32 Å². The predicted octanol–water partition coefficient (Wildman–Crippen LogP) is 0.130. The molecule has 0 aliphatic carbocycles. The van der Waals surface area contributed by atoms with Crippen LogP contribution in [0.15, 0.2) is 18.2 Å². The molecule has 0 aromatic heterocycles. The van der Waals surface area contributed by atoms with Crippen molar-refractivity contribution in [2.24, 2.45) is 0 Å². The Bertz CT molecular complexity index is 426. The van der Waals surface area contributed by atoms with E-state index in [4.69, 9.17) is 5.73 Å². The molecule has 0 spiro atoms. The van der Waals surface area contributed by atoms with Crippen molar-refractivity contribution in [3.63, 3.8) is 0 Å². The number of nitrogens with zero attached hydrogens (tertiary/aromatic N) is 1. The first kappa shape index (κ1) is 8.73. The van der Waals surface area contributed by atoms with Gasteiger partial charge in [-0.25, -0.2) is 0 Å². The topological polar surface area (TPSA) is 58.4 Å². The molecule has 78 valence electrons. The summed E-state index contributed by atoms with van der Waals surface area (Å²) in [5.74, 6) is 0.196. The van der Waals surface area contributed by atoms with Gasteiger partial charge in [0, 0.05) is 24.5 Å². The minimum atomic E-state index is 0.196. The van der Waals surface area contributed by atoms with E-state index in [9.17, 15) is 4.79 Å². The quantitative estimate of drug-likeness (QED) is 0.638. The summed E-state index contributed by atoms with van der Waals surface area (Å²) < 4.78 is 0. The molecule has 0 bridgehead atoms. The Kier molecular flexibility index (Phi) is 1.73. The van der Waals surface area contributed by atoms with E-state index >= 15 is 0 Å². The van der Waals surface area contributed by atoms with Gasteiger partial charge in [0.25, 0.3) is 0 Å². The van der Waals surface area contributed by atoms with Crippen molar-refractivity contribution in [2.75, 3.05) is 23.7 Å². The van der Waals surface area contributed by atoms with Crippen molar-refractivity contribution in [2.45, 2.75) is 12.5 Å². The second-order valence-electron chi connectivity index (χ2n) is 4.14. The second kappa shape index (κ2) is 2.97. The molecule has 1 saturated heterocycles. The Morgan fingerprint density at radius 3 is 2.87 bits per heavy atom. The van der Waals surface area contributed by atoms with Gasteiger partial charge < -0.3 is 16.0 Å². The standard InChI is InChI=1S/C11H13N3O/c12-8-1-2-10-7(3-8)4-11(15)14(10)9-5-13-6-9/h1-3,9,13H,4-6,12H2. The number of carbonyl (C=O) groups is 1. The summed E-state index contributed by atoms with van der Waals surface area (Å²) in [7, 11) is 0. The summed E-state index contributed by atoms with van der Waals surface area (Å²) in [5, 5.41) is 3.18. The Balaban J connectivity index is 2.01. The summed E-state index contributed by atoms with van der Waals surface area (Å²) in [6, 6.07) is 6.05. The molecule has 0 atom stereocenters. The average Bonchev–Trinajstić information content (AvgIpc) is 2.40. The highest BCUT2D eigenvalue weighted by atomic mass is 16.2. The van der Waals surface area contributed by atoms with Crippen molar-refractivity contribution in [3.05, 3.63) is 23.8 Å². The molecule has 15 heavy (non-hydrogen) atoms. The molecule has 1 amide bonds. The normalized spacial score (nSPS) is 20.3. The number of benzene rings is 1. The zero-order chi connectivity index (χ0) is 10.4. The Hall–Kier alpha value is -1.55. The maximum Gasteiger partial charge on any atom is 0.231 e. The van der Waals surface area contributed by atoms with E-state index in [1.165, 1.54) is 0 Å². The number of hydrogen-bond donors (Lipinski definition) is 2. The summed E-state index contributed by atoms with van der Waals surface area (Å²) in [6.45, 7) is 1.80. The van der Waals surface area contributed by atoms with Crippen LogP contribution >= 0.6 is 0 Å². The van der Waals surface area contributed by atoms with Crippen LogP contribution in [0, 0.1) is 0 Å². The molecule has 0 saturated carbocycles. The van der Waals surface area contributed by atoms with Crippen LogP contribution in [-0.4, -0.2) is 25.0 Å². The number of rotatable bonds is 1. The molecular formula is C11H13N3O. The van der Waals surface area contributed by atoms with E-state index in [-0.39, 0.29) is 5.91 Å². The Morgan fingerprint density at radius 2 is 2.20 bits per heavy atom. The van der Waals surface area contributed by atoms with Crippen LogP contribution in [0.25, 0.3) is 0 Å². The van der Waals surface area contributed by atoms with Gasteiger partial charge in [-0.05, 0) is 23.8 Å². The van der Waals surface area contributed by atoms with Crippen LogP contribution in [0.1, 0.15) is 5.56 Å². The van der Waals surface area contributed by atoms with Gasteiger partial charge in [0.2, 0.25) is 5.91 Å². The third-order valence-corrected chi connectivity index (χ3v) is 3.10. The fraction of sp³-hybridized carbons (Fsp3) is 0.364. The van der Waals surface area contributed by atoms with Gasteiger partial charge >= 0.3 is 0 Å². The first-order valence-corrected chi connectivity index (χ1v) is 5.17. The number of fused-ring (bicyclic) bond motifs is 1. The molecule has 4 heteroatoms. The van der Waals surface area contributed by atoms with E-state index in [0.29, 0.717) is 12.5 Å². The second-order valence-corrected chi connectivity index (χ2v) is 4.14. The highest BCUT2D eigenvalue weighted by molar-refractivity contribution is 6.02. The van der Waals surface area contributed by atoms with Crippen LogP contribution in [0.2, 0.25) is 0 Å². The number of nitrogens with two attached hydrogens (primary N) is 1. The molecule has 2 heterocycles. The van der Waals surface area contributed by atoms with Gasteiger partial charge in [-0.2, -0.15) is 0 Å². The zero-order valence-corrected chi connectivity index (χ0v) is 8.36. The fourth-order valence-electron chi connectivity index (χ4n) is 2.22. The SMILES string of the molecule is Nc1ccc2c(c1)CC(=O)N2C1CNC1. The fourth-order valence-corrected chi connectivity index (χ4v) is 2.22. The smallest absolute Gasteiger partial charge is 0.231 e. The van der Waals surface area contributed by atoms with E-state index in [2.05, 4.69) is 5.32 Å².